The lowest BCUT2D eigenvalue weighted by Gasteiger charge is -2.06. The van der Waals surface area contributed by atoms with Gasteiger partial charge in [-0.1, -0.05) is 6.07 Å². The minimum Gasteiger partial charge on any atom is -0.503 e. The molecule has 0 radical (unpaired) electrons. The smallest absolute Gasteiger partial charge is 0.268 e. The summed E-state index contributed by atoms with van der Waals surface area (Å²) in [6, 6.07) is 4.18. The highest BCUT2D eigenvalue weighted by Gasteiger charge is 2.33. The van der Waals surface area contributed by atoms with Gasteiger partial charge in [-0.2, -0.15) is 0 Å². The third kappa shape index (κ3) is 1.25. The summed E-state index contributed by atoms with van der Waals surface area (Å²) in [7, 11) is 1.36. The van der Waals surface area contributed by atoms with Gasteiger partial charge in [-0.15, -0.1) is 0 Å². The second-order valence-corrected chi connectivity index (χ2v) is 4.31. The van der Waals surface area contributed by atoms with Gasteiger partial charge >= 0.3 is 0 Å². The summed E-state index contributed by atoms with van der Waals surface area (Å²) < 4.78 is 0. The van der Waals surface area contributed by atoms with Crippen LogP contribution in [0, 0.1) is 0 Å². The van der Waals surface area contributed by atoms with Gasteiger partial charge in [0.1, 0.15) is 0 Å². The number of rotatable bonds is 1. The van der Waals surface area contributed by atoms with Gasteiger partial charge in [0, 0.05) is 7.05 Å². The normalized spacial score (nSPS) is 14.3. The molecule has 0 atom stereocenters. The minimum atomic E-state index is -0.935. The quantitative estimate of drug-likeness (QED) is 0.568. The molecule has 0 saturated carbocycles. The minimum absolute atomic E-state index is 0.109. The molecule has 1 heterocycles. The van der Waals surface area contributed by atoms with E-state index in [-0.39, 0.29) is 22.3 Å². The first-order valence-electron chi connectivity index (χ1n) is 5.42. The van der Waals surface area contributed by atoms with Gasteiger partial charge in [0.05, 0.1) is 16.7 Å². The molecule has 6 heteroatoms. The Hall–Kier alpha value is -2.76. The number of carbonyl (C=O) groups excluding carboxylic acids is 2. The Bertz CT molecular complexity index is 826. The molecule has 0 bridgehead atoms. The van der Waals surface area contributed by atoms with Gasteiger partial charge in [0.2, 0.25) is 5.43 Å². The lowest BCUT2D eigenvalue weighted by Crippen LogP contribution is -2.31. The number of nitrogens with zero attached hydrogens (tertiary/aromatic N) is 1. The van der Waals surface area contributed by atoms with Gasteiger partial charge < -0.3 is 5.11 Å². The maximum absolute atomic E-state index is 11.8. The Balaban J connectivity index is 2.20. The molecule has 3 rings (SSSR count). The summed E-state index contributed by atoms with van der Waals surface area (Å²) in [6.07, 6.45) is 0. The fraction of sp³-hybridized carbons (Fsp3) is 0.0769. The number of hydrogen-bond donors (Lipinski definition) is 1. The molecule has 0 spiro atoms. The number of fused-ring (bicyclic) bond motifs is 1. The number of aromatic hydroxyl groups is 1. The molecule has 0 aromatic heterocycles. The molecule has 2 amide bonds. The Morgan fingerprint density at radius 2 is 1.58 bits per heavy atom. The first kappa shape index (κ1) is 11.3. The van der Waals surface area contributed by atoms with Crippen molar-refractivity contribution in [2.45, 2.75) is 0 Å². The van der Waals surface area contributed by atoms with Crippen LogP contribution in [0.3, 0.4) is 0 Å². The molecule has 1 aliphatic rings. The maximum Gasteiger partial charge on any atom is 0.268 e. The lowest BCUT2D eigenvalue weighted by molar-refractivity contribution is 0.0693. The first-order chi connectivity index (χ1) is 8.93. The third-order valence-electron chi connectivity index (χ3n) is 3.26. The van der Waals surface area contributed by atoms with Gasteiger partial charge in [-0.05, 0) is 17.7 Å². The summed E-state index contributed by atoms with van der Waals surface area (Å²) in [5.41, 5.74) is -1.16. The molecule has 2 aromatic carbocycles. The number of benzene rings is 1. The van der Waals surface area contributed by atoms with E-state index < -0.39 is 28.4 Å². The molecule has 0 unspecified atom stereocenters. The maximum atomic E-state index is 11.8. The predicted molar refractivity (Wildman–Crippen MR) is 64.9 cm³/mol. The van der Waals surface area contributed by atoms with Crippen molar-refractivity contribution in [3.8, 4) is 16.9 Å². The number of carbonyl (C=O) groups is 2. The van der Waals surface area contributed by atoms with Crippen LogP contribution in [-0.2, 0) is 0 Å². The highest BCUT2D eigenvalue weighted by molar-refractivity contribution is 6.21. The molecular formula is C13H7NO5. The van der Waals surface area contributed by atoms with E-state index in [4.69, 9.17) is 0 Å². The Labute approximate surface area is 106 Å². The summed E-state index contributed by atoms with van der Waals surface area (Å²) in [5, 5.41) is 9.37. The molecule has 1 aliphatic heterocycles. The third-order valence-corrected chi connectivity index (χ3v) is 3.26. The number of amides is 2. The SMILES string of the molecule is CN1C(=O)c2ccc(-c3c(O)c(=O)c3=O)cc2C1=O. The summed E-state index contributed by atoms with van der Waals surface area (Å²) in [4.78, 5) is 46.7. The zero-order valence-electron chi connectivity index (χ0n) is 9.76. The zero-order valence-corrected chi connectivity index (χ0v) is 9.76. The molecule has 0 saturated heterocycles. The predicted octanol–water partition coefficient (Wildman–Crippen LogP) is -0.119. The average Bonchev–Trinajstić information content (AvgIpc) is 2.63. The largest absolute Gasteiger partial charge is 0.503 e. The molecule has 1 N–H and O–H groups in total. The fourth-order valence-electron chi connectivity index (χ4n) is 2.16. The second kappa shape index (κ2) is 3.38. The van der Waals surface area contributed by atoms with E-state index in [9.17, 15) is 24.3 Å². The van der Waals surface area contributed by atoms with Crippen molar-refractivity contribution in [1.29, 1.82) is 0 Å². The van der Waals surface area contributed by atoms with Crippen molar-refractivity contribution in [2.24, 2.45) is 0 Å². The monoisotopic (exact) mass is 257 g/mol. The lowest BCUT2D eigenvalue weighted by atomic mass is 9.96. The second-order valence-electron chi connectivity index (χ2n) is 4.31. The standard InChI is InChI=1S/C13H7NO5/c1-14-12(18)6-3-2-5(4-7(6)13(14)19)8-9(15)11(17)10(8)16/h2-4,15H,1H3. The average molecular weight is 257 g/mol. The van der Waals surface area contributed by atoms with Crippen molar-refractivity contribution >= 4 is 11.8 Å². The van der Waals surface area contributed by atoms with Crippen LogP contribution in [-0.4, -0.2) is 28.9 Å². The van der Waals surface area contributed by atoms with E-state index in [1.54, 1.807) is 0 Å². The Morgan fingerprint density at radius 1 is 0.947 bits per heavy atom. The number of imide groups is 1. The van der Waals surface area contributed by atoms with Crippen molar-refractivity contribution in [3.05, 3.63) is 49.8 Å². The van der Waals surface area contributed by atoms with Crippen LogP contribution in [0.4, 0.5) is 0 Å². The van der Waals surface area contributed by atoms with E-state index >= 15 is 0 Å². The summed E-state index contributed by atoms with van der Waals surface area (Å²) in [6.45, 7) is 0. The number of hydrogen-bond acceptors (Lipinski definition) is 5. The van der Waals surface area contributed by atoms with Crippen LogP contribution in [0.2, 0.25) is 0 Å². The molecule has 19 heavy (non-hydrogen) atoms. The van der Waals surface area contributed by atoms with Gasteiger partial charge in [-0.25, -0.2) is 0 Å². The molecule has 2 aromatic rings. The summed E-state index contributed by atoms with van der Waals surface area (Å²) >= 11 is 0. The van der Waals surface area contributed by atoms with E-state index in [0.717, 1.165) is 4.90 Å². The van der Waals surface area contributed by atoms with E-state index in [1.807, 2.05) is 0 Å². The van der Waals surface area contributed by atoms with E-state index in [1.165, 1.54) is 25.2 Å². The van der Waals surface area contributed by atoms with Crippen LogP contribution in [0.5, 0.6) is 5.75 Å². The summed E-state index contributed by atoms with van der Waals surface area (Å²) in [5.74, 6) is -1.49. The fourth-order valence-corrected chi connectivity index (χ4v) is 2.16. The van der Waals surface area contributed by atoms with E-state index in [0.29, 0.717) is 0 Å². The van der Waals surface area contributed by atoms with Crippen LogP contribution >= 0.6 is 0 Å². The van der Waals surface area contributed by atoms with Crippen LogP contribution < -0.4 is 10.9 Å². The van der Waals surface area contributed by atoms with Crippen LogP contribution in [0.1, 0.15) is 20.7 Å². The molecule has 0 aliphatic carbocycles. The van der Waals surface area contributed by atoms with Crippen LogP contribution in [0.15, 0.2) is 27.8 Å². The van der Waals surface area contributed by atoms with Gasteiger partial charge in [0.25, 0.3) is 17.2 Å². The van der Waals surface area contributed by atoms with Gasteiger partial charge in [0.15, 0.2) is 5.75 Å². The van der Waals surface area contributed by atoms with Crippen molar-refractivity contribution < 1.29 is 14.7 Å². The first-order valence-corrected chi connectivity index (χ1v) is 5.42. The zero-order chi connectivity index (χ0) is 13.9. The molecular weight excluding hydrogens is 250 g/mol. The van der Waals surface area contributed by atoms with E-state index in [2.05, 4.69) is 0 Å². The highest BCUT2D eigenvalue weighted by atomic mass is 16.3. The van der Waals surface area contributed by atoms with Crippen molar-refractivity contribution in [1.82, 2.24) is 4.90 Å². The van der Waals surface area contributed by atoms with Crippen LogP contribution in [0.25, 0.3) is 11.1 Å². The molecule has 0 fully saturated rings. The van der Waals surface area contributed by atoms with Crippen molar-refractivity contribution in [2.75, 3.05) is 7.05 Å². The topological polar surface area (TPSA) is 91.8 Å². The van der Waals surface area contributed by atoms with Crippen molar-refractivity contribution in [3.63, 3.8) is 0 Å². The van der Waals surface area contributed by atoms with Gasteiger partial charge in [-0.3, -0.25) is 24.1 Å². The molecule has 6 nitrogen and oxygen atoms in total. The molecule has 94 valence electrons. The highest BCUT2D eigenvalue weighted by Crippen LogP contribution is 2.29. The Morgan fingerprint density at radius 3 is 2.21 bits per heavy atom. The Kier molecular flexibility index (Phi) is 2.02.